The van der Waals surface area contributed by atoms with Crippen molar-refractivity contribution in [2.75, 3.05) is 11.9 Å². The summed E-state index contributed by atoms with van der Waals surface area (Å²) in [6.45, 7) is 1.56. The number of rotatable bonds is 4. The molecule has 1 aromatic rings. The van der Waals surface area contributed by atoms with E-state index in [1.165, 1.54) is 12.1 Å². The number of anilines is 1. The second-order valence-corrected chi connectivity index (χ2v) is 4.32. The van der Waals surface area contributed by atoms with Crippen LogP contribution in [0.15, 0.2) is 18.2 Å². The van der Waals surface area contributed by atoms with Crippen LogP contribution in [0.2, 0.25) is 0 Å². The lowest BCUT2D eigenvalue weighted by Gasteiger charge is -2.19. The summed E-state index contributed by atoms with van der Waals surface area (Å²) in [4.78, 5) is 34.0. The lowest BCUT2D eigenvalue weighted by atomic mass is 10.1. The minimum absolute atomic E-state index is 0.106. The number of carbonyl (C=O) groups is 3. The Morgan fingerprint density at radius 2 is 2.25 bits per heavy atom. The number of hydrogen-bond donors (Lipinski definition) is 3. The molecule has 0 bridgehead atoms. The normalized spacial score (nSPS) is 14.6. The summed E-state index contributed by atoms with van der Waals surface area (Å²) >= 11 is 0. The number of hydrogen-bond acceptors (Lipinski definition) is 4. The molecular formula is C13H14N2O5. The maximum atomic E-state index is 12.0. The molecule has 20 heavy (non-hydrogen) atoms. The first kappa shape index (κ1) is 13.9. The van der Waals surface area contributed by atoms with E-state index in [0.29, 0.717) is 17.9 Å². The first-order valence-corrected chi connectivity index (χ1v) is 6.11. The number of carboxylic acid groups (broad SMARTS) is 1. The number of fused-ring (bicyclic) bond motifs is 1. The van der Waals surface area contributed by atoms with E-state index in [0.717, 1.165) is 0 Å². The number of benzene rings is 1. The van der Waals surface area contributed by atoms with Crippen molar-refractivity contribution in [1.29, 1.82) is 0 Å². The van der Waals surface area contributed by atoms with Gasteiger partial charge in [0.2, 0.25) is 0 Å². The average Bonchev–Trinajstić information content (AvgIpc) is 2.43. The highest BCUT2D eigenvalue weighted by atomic mass is 16.5. The van der Waals surface area contributed by atoms with Crippen molar-refractivity contribution in [3.8, 4) is 5.75 Å². The third-order valence-corrected chi connectivity index (χ3v) is 2.89. The Morgan fingerprint density at radius 3 is 2.90 bits per heavy atom. The van der Waals surface area contributed by atoms with Gasteiger partial charge in [-0.15, -0.1) is 0 Å². The van der Waals surface area contributed by atoms with E-state index in [1.54, 1.807) is 13.0 Å². The molecule has 0 aromatic heterocycles. The molecule has 2 rings (SSSR count). The van der Waals surface area contributed by atoms with Crippen LogP contribution in [0, 0.1) is 0 Å². The van der Waals surface area contributed by atoms with Crippen molar-refractivity contribution in [2.45, 2.75) is 19.4 Å². The monoisotopic (exact) mass is 278 g/mol. The fourth-order valence-corrected chi connectivity index (χ4v) is 1.80. The summed E-state index contributed by atoms with van der Waals surface area (Å²) in [6, 6.07) is 3.58. The topological polar surface area (TPSA) is 105 Å². The van der Waals surface area contributed by atoms with Gasteiger partial charge in [-0.3, -0.25) is 9.59 Å². The fraction of sp³-hybridized carbons (Fsp3) is 0.308. The molecule has 3 N–H and O–H groups in total. The molecule has 0 fully saturated rings. The Bertz CT molecular complexity index is 570. The van der Waals surface area contributed by atoms with Gasteiger partial charge in [0, 0.05) is 5.56 Å². The molecule has 1 atom stereocenters. The van der Waals surface area contributed by atoms with Gasteiger partial charge in [-0.2, -0.15) is 0 Å². The maximum Gasteiger partial charge on any atom is 0.326 e. The first-order valence-electron chi connectivity index (χ1n) is 6.11. The van der Waals surface area contributed by atoms with Crippen molar-refractivity contribution in [1.82, 2.24) is 5.32 Å². The summed E-state index contributed by atoms with van der Waals surface area (Å²) < 4.78 is 5.20. The standard InChI is InChI=1S/C13H14N2O5/c1-2-8(13(18)19)15-12(17)7-3-4-9-10(5-7)20-6-11(16)14-9/h3-5,8H,2,6H2,1H3,(H,14,16)(H,15,17)(H,18,19)/t8-/m0/s1. The second-order valence-electron chi connectivity index (χ2n) is 4.32. The van der Waals surface area contributed by atoms with Crippen molar-refractivity contribution < 1.29 is 24.2 Å². The Labute approximate surface area is 114 Å². The summed E-state index contributed by atoms with van der Waals surface area (Å²) in [6.07, 6.45) is 0.290. The lowest BCUT2D eigenvalue weighted by Crippen LogP contribution is -2.40. The Morgan fingerprint density at radius 1 is 1.50 bits per heavy atom. The van der Waals surface area contributed by atoms with Crippen LogP contribution in [0.1, 0.15) is 23.7 Å². The number of aliphatic carboxylic acids is 1. The van der Waals surface area contributed by atoms with Crippen molar-refractivity contribution in [2.24, 2.45) is 0 Å². The van der Waals surface area contributed by atoms with Gasteiger partial charge in [-0.05, 0) is 24.6 Å². The van der Waals surface area contributed by atoms with Crippen LogP contribution in [-0.4, -0.2) is 35.5 Å². The number of carboxylic acids is 1. The molecule has 7 nitrogen and oxygen atoms in total. The zero-order chi connectivity index (χ0) is 14.7. The van der Waals surface area contributed by atoms with Gasteiger partial charge < -0.3 is 20.5 Å². The number of amides is 2. The molecule has 2 amide bonds. The number of ether oxygens (including phenoxy) is 1. The van der Waals surface area contributed by atoms with E-state index in [1.807, 2.05) is 0 Å². The van der Waals surface area contributed by atoms with Crippen LogP contribution >= 0.6 is 0 Å². The quantitative estimate of drug-likeness (QED) is 0.748. The van der Waals surface area contributed by atoms with E-state index in [4.69, 9.17) is 9.84 Å². The van der Waals surface area contributed by atoms with Gasteiger partial charge in [0.1, 0.15) is 11.8 Å². The van der Waals surface area contributed by atoms with Gasteiger partial charge in [0.05, 0.1) is 5.69 Å². The van der Waals surface area contributed by atoms with Crippen LogP contribution in [0.25, 0.3) is 0 Å². The predicted molar refractivity (Wildman–Crippen MR) is 69.7 cm³/mol. The summed E-state index contributed by atoms with van der Waals surface area (Å²) in [5.74, 6) is -1.45. The van der Waals surface area contributed by atoms with Crippen molar-refractivity contribution in [3.05, 3.63) is 23.8 Å². The van der Waals surface area contributed by atoms with Gasteiger partial charge >= 0.3 is 5.97 Å². The predicted octanol–water partition coefficient (Wildman–Crippen LogP) is 0.610. The van der Waals surface area contributed by atoms with Gasteiger partial charge in [-0.1, -0.05) is 6.92 Å². The molecule has 106 valence electrons. The molecule has 0 unspecified atom stereocenters. The highest BCUT2D eigenvalue weighted by Gasteiger charge is 2.21. The molecule has 1 aliphatic heterocycles. The smallest absolute Gasteiger partial charge is 0.326 e. The number of nitrogens with one attached hydrogen (secondary N) is 2. The average molecular weight is 278 g/mol. The largest absolute Gasteiger partial charge is 0.482 e. The molecule has 1 aliphatic rings. The van der Waals surface area contributed by atoms with Crippen LogP contribution in [0.5, 0.6) is 5.75 Å². The van der Waals surface area contributed by atoms with E-state index < -0.39 is 17.9 Å². The molecule has 0 spiro atoms. The molecule has 1 heterocycles. The zero-order valence-electron chi connectivity index (χ0n) is 10.8. The maximum absolute atomic E-state index is 12.0. The van der Waals surface area contributed by atoms with Gasteiger partial charge in [0.15, 0.2) is 6.61 Å². The Kier molecular flexibility index (Phi) is 3.88. The molecule has 0 aliphatic carbocycles. The van der Waals surface area contributed by atoms with E-state index >= 15 is 0 Å². The van der Waals surface area contributed by atoms with Gasteiger partial charge in [0.25, 0.3) is 11.8 Å². The lowest BCUT2D eigenvalue weighted by molar-refractivity contribution is -0.139. The summed E-state index contributed by atoms with van der Waals surface area (Å²) in [5, 5.41) is 13.9. The highest BCUT2D eigenvalue weighted by molar-refractivity contribution is 6.00. The molecule has 0 radical (unpaired) electrons. The minimum atomic E-state index is -1.08. The third-order valence-electron chi connectivity index (χ3n) is 2.89. The number of carbonyl (C=O) groups excluding carboxylic acids is 2. The Balaban J connectivity index is 2.15. The Hall–Kier alpha value is -2.57. The molecule has 0 saturated heterocycles. The molecular weight excluding hydrogens is 264 g/mol. The molecule has 0 saturated carbocycles. The molecule has 7 heteroatoms. The van der Waals surface area contributed by atoms with Crippen LogP contribution < -0.4 is 15.4 Å². The molecule has 1 aromatic carbocycles. The summed E-state index contributed by atoms with van der Waals surface area (Å²) in [7, 11) is 0. The zero-order valence-corrected chi connectivity index (χ0v) is 10.8. The van der Waals surface area contributed by atoms with Crippen LogP contribution in [0.3, 0.4) is 0 Å². The highest BCUT2D eigenvalue weighted by Crippen LogP contribution is 2.28. The van der Waals surface area contributed by atoms with E-state index in [9.17, 15) is 14.4 Å². The second kappa shape index (κ2) is 5.60. The van der Waals surface area contributed by atoms with Crippen LogP contribution in [0.4, 0.5) is 5.69 Å². The summed E-state index contributed by atoms with van der Waals surface area (Å²) in [5.41, 5.74) is 0.766. The van der Waals surface area contributed by atoms with Crippen molar-refractivity contribution >= 4 is 23.5 Å². The third kappa shape index (κ3) is 2.87. The fourth-order valence-electron chi connectivity index (χ4n) is 1.80. The van der Waals surface area contributed by atoms with Crippen LogP contribution in [-0.2, 0) is 9.59 Å². The van der Waals surface area contributed by atoms with E-state index in [-0.39, 0.29) is 18.1 Å². The van der Waals surface area contributed by atoms with E-state index in [2.05, 4.69) is 10.6 Å². The minimum Gasteiger partial charge on any atom is -0.482 e. The van der Waals surface area contributed by atoms with Crippen molar-refractivity contribution in [3.63, 3.8) is 0 Å². The SMILES string of the molecule is CC[C@H](NC(=O)c1ccc2c(c1)OCC(=O)N2)C(=O)O. The van der Waals surface area contributed by atoms with Gasteiger partial charge in [-0.25, -0.2) is 4.79 Å². The first-order chi connectivity index (χ1) is 9.51.